The van der Waals surface area contributed by atoms with Gasteiger partial charge in [0.1, 0.15) is 0 Å². The van der Waals surface area contributed by atoms with Gasteiger partial charge in [0.2, 0.25) is 0 Å². The quantitative estimate of drug-likeness (QED) is 0.379. The summed E-state index contributed by atoms with van der Waals surface area (Å²) in [6, 6.07) is 0. The van der Waals surface area contributed by atoms with Gasteiger partial charge >= 0.3 is 5.97 Å². The number of carbonyl (C=O) groups is 1. The lowest BCUT2D eigenvalue weighted by molar-refractivity contribution is -0.137. The second kappa shape index (κ2) is 8.27. The van der Waals surface area contributed by atoms with Crippen LogP contribution in [0, 0.1) is 11.8 Å². The number of rotatable bonds is 6. The van der Waals surface area contributed by atoms with Gasteiger partial charge in [-0.05, 0) is 31.3 Å². The fourth-order valence-corrected chi connectivity index (χ4v) is 1.19. The lowest BCUT2D eigenvalue weighted by Gasteiger charge is -2.13. The average Bonchev–Trinajstić information content (AvgIpc) is 2.23. The molecule has 0 aromatic rings. The van der Waals surface area contributed by atoms with E-state index in [-0.39, 0.29) is 5.97 Å². The standard InChI is InChI=1S/C13H22O2/c1-5-8-11(3)12(4)9-7-10-15-13(14)6-2/h5,7-8,10-12H,6,9H2,1-4H3/b8-5+,10-7+. The van der Waals surface area contributed by atoms with Gasteiger partial charge in [-0.15, -0.1) is 0 Å². The van der Waals surface area contributed by atoms with E-state index in [0.717, 1.165) is 6.42 Å². The lowest BCUT2D eigenvalue weighted by Crippen LogP contribution is -2.03. The maximum absolute atomic E-state index is 10.8. The maximum atomic E-state index is 10.8. The van der Waals surface area contributed by atoms with Crippen molar-refractivity contribution in [3.63, 3.8) is 0 Å². The van der Waals surface area contributed by atoms with Crippen molar-refractivity contribution in [1.82, 2.24) is 0 Å². The molecule has 0 aromatic carbocycles. The molecule has 2 atom stereocenters. The van der Waals surface area contributed by atoms with Gasteiger partial charge in [-0.3, -0.25) is 4.79 Å². The predicted octanol–water partition coefficient (Wildman–Crippen LogP) is 3.69. The molecular weight excluding hydrogens is 188 g/mol. The third kappa shape index (κ3) is 6.95. The summed E-state index contributed by atoms with van der Waals surface area (Å²) in [7, 11) is 0. The van der Waals surface area contributed by atoms with Crippen LogP contribution in [0.2, 0.25) is 0 Å². The van der Waals surface area contributed by atoms with Gasteiger partial charge in [0, 0.05) is 6.42 Å². The fourth-order valence-electron chi connectivity index (χ4n) is 1.19. The SMILES string of the molecule is C/C=C/C(C)C(C)C/C=C/OC(=O)CC. The maximum Gasteiger partial charge on any atom is 0.310 e. The Labute approximate surface area is 93.0 Å². The van der Waals surface area contributed by atoms with Crippen molar-refractivity contribution in [3.05, 3.63) is 24.5 Å². The number of allylic oxidation sites excluding steroid dienone is 3. The van der Waals surface area contributed by atoms with Crippen LogP contribution in [0.5, 0.6) is 0 Å². The van der Waals surface area contributed by atoms with Gasteiger partial charge < -0.3 is 4.74 Å². The van der Waals surface area contributed by atoms with Crippen molar-refractivity contribution in [2.24, 2.45) is 11.8 Å². The van der Waals surface area contributed by atoms with Gasteiger partial charge in [0.25, 0.3) is 0 Å². The van der Waals surface area contributed by atoms with Crippen LogP contribution in [0.3, 0.4) is 0 Å². The third-order valence-electron chi connectivity index (χ3n) is 2.49. The van der Waals surface area contributed by atoms with Gasteiger partial charge in [-0.25, -0.2) is 0 Å². The summed E-state index contributed by atoms with van der Waals surface area (Å²) < 4.78 is 4.84. The van der Waals surface area contributed by atoms with E-state index in [9.17, 15) is 4.79 Å². The van der Waals surface area contributed by atoms with E-state index in [2.05, 4.69) is 26.0 Å². The fraction of sp³-hybridized carbons (Fsp3) is 0.615. The van der Waals surface area contributed by atoms with E-state index in [1.165, 1.54) is 6.26 Å². The van der Waals surface area contributed by atoms with E-state index in [0.29, 0.717) is 18.3 Å². The molecule has 0 radical (unpaired) electrons. The number of hydrogen-bond donors (Lipinski definition) is 0. The largest absolute Gasteiger partial charge is 0.435 e. The highest BCUT2D eigenvalue weighted by Crippen LogP contribution is 2.16. The number of hydrogen-bond acceptors (Lipinski definition) is 2. The molecule has 0 saturated carbocycles. The highest BCUT2D eigenvalue weighted by molar-refractivity contribution is 5.69. The summed E-state index contributed by atoms with van der Waals surface area (Å²) in [5, 5.41) is 0. The first-order chi connectivity index (χ1) is 7.11. The van der Waals surface area contributed by atoms with Crippen LogP contribution < -0.4 is 0 Å². The summed E-state index contributed by atoms with van der Waals surface area (Å²) in [4.78, 5) is 10.8. The molecule has 0 amide bonds. The van der Waals surface area contributed by atoms with Crippen LogP contribution >= 0.6 is 0 Å². The van der Waals surface area contributed by atoms with Crippen molar-refractivity contribution in [2.75, 3.05) is 0 Å². The van der Waals surface area contributed by atoms with Gasteiger partial charge in [-0.2, -0.15) is 0 Å². The summed E-state index contributed by atoms with van der Waals surface area (Å²) in [5.41, 5.74) is 0. The molecule has 0 bridgehead atoms. The number of esters is 1. The van der Waals surface area contributed by atoms with Crippen LogP contribution in [-0.4, -0.2) is 5.97 Å². The molecule has 0 saturated heterocycles. The summed E-state index contributed by atoms with van der Waals surface area (Å²) >= 11 is 0. The Morgan fingerprint density at radius 2 is 2.07 bits per heavy atom. The van der Waals surface area contributed by atoms with Crippen LogP contribution in [0.1, 0.15) is 40.5 Å². The first-order valence-corrected chi connectivity index (χ1v) is 5.59. The molecule has 0 heterocycles. The molecule has 0 rings (SSSR count). The summed E-state index contributed by atoms with van der Waals surface area (Å²) in [6.07, 6.45) is 9.04. The zero-order valence-corrected chi connectivity index (χ0v) is 10.2. The van der Waals surface area contributed by atoms with E-state index in [1.54, 1.807) is 6.92 Å². The zero-order valence-electron chi connectivity index (χ0n) is 10.2. The van der Waals surface area contributed by atoms with Crippen molar-refractivity contribution in [2.45, 2.75) is 40.5 Å². The topological polar surface area (TPSA) is 26.3 Å². The smallest absolute Gasteiger partial charge is 0.310 e. The van der Waals surface area contributed by atoms with Crippen molar-refractivity contribution < 1.29 is 9.53 Å². The Hall–Kier alpha value is -1.05. The van der Waals surface area contributed by atoms with Crippen molar-refractivity contribution in [3.8, 4) is 0 Å². The van der Waals surface area contributed by atoms with Crippen molar-refractivity contribution in [1.29, 1.82) is 0 Å². The molecular formula is C13H22O2. The summed E-state index contributed by atoms with van der Waals surface area (Å²) in [5.74, 6) is 0.944. The average molecular weight is 210 g/mol. The highest BCUT2D eigenvalue weighted by Gasteiger charge is 2.06. The third-order valence-corrected chi connectivity index (χ3v) is 2.49. The molecule has 15 heavy (non-hydrogen) atoms. The second-order valence-electron chi connectivity index (χ2n) is 3.81. The Kier molecular flexibility index (Phi) is 7.69. The molecule has 86 valence electrons. The first-order valence-electron chi connectivity index (χ1n) is 5.59. The Bertz CT molecular complexity index is 229. The number of carbonyl (C=O) groups excluding carboxylic acids is 1. The van der Waals surface area contributed by atoms with Gasteiger partial charge in [-0.1, -0.05) is 32.9 Å². The predicted molar refractivity (Wildman–Crippen MR) is 63.3 cm³/mol. The molecule has 0 aliphatic heterocycles. The van der Waals surface area contributed by atoms with Gasteiger partial charge in [0.15, 0.2) is 0 Å². The van der Waals surface area contributed by atoms with E-state index in [4.69, 9.17) is 4.74 Å². The van der Waals surface area contributed by atoms with Crippen LogP contribution in [0.4, 0.5) is 0 Å². The van der Waals surface area contributed by atoms with Gasteiger partial charge in [0.05, 0.1) is 6.26 Å². The molecule has 2 heteroatoms. The van der Waals surface area contributed by atoms with Crippen LogP contribution in [-0.2, 0) is 9.53 Å². The summed E-state index contributed by atoms with van der Waals surface area (Å²) in [6.45, 7) is 8.20. The normalized spacial score (nSPS) is 15.7. The number of ether oxygens (including phenoxy) is 1. The highest BCUT2D eigenvalue weighted by atomic mass is 16.5. The van der Waals surface area contributed by atoms with E-state index < -0.39 is 0 Å². The molecule has 0 spiro atoms. The van der Waals surface area contributed by atoms with Crippen molar-refractivity contribution >= 4 is 5.97 Å². The minimum atomic E-state index is -0.180. The lowest BCUT2D eigenvalue weighted by atomic mass is 9.93. The molecule has 0 fully saturated rings. The van der Waals surface area contributed by atoms with Crippen LogP contribution in [0.15, 0.2) is 24.5 Å². The van der Waals surface area contributed by atoms with Crippen LogP contribution in [0.25, 0.3) is 0 Å². The Morgan fingerprint density at radius 3 is 2.60 bits per heavy atom. The molecule has 0 N–H and O–H groups in total. The molecule has 0 aliphatic rings. The molecule has 0 aromatic heterocycles. The minimum absolute atomic E-state index is 0.180. The monoisotopic (exact) mass is 210 g/mol. The van der Waals surface area contributed by atoms with E-state index in [1.807, 2.05) is 13.0 Å². The first kappa shape index (κ1) is 13.9. The molecule has 2 unspecified atom stereocenters. The Morgan fingerprint density at radius 1 is 1.40 bits per heavy atom. The molecule has 2 nitrogen and oxygen atoms in total. The second-order valence-corrected chi connectivity index (χ2v) is 3.81. The molecule has 0 aliphatic carbocycles. The zero-order chi connectivity index (χ0) is 11.7. The minimum Gasteiger partial charge on any atom is -0.435 e. The van der Waals surface area contributed by atoms with E-state index >= 15 is 0 Å². The Balaban J connectivity index is 3.79.